The summed E-state index contributed by atoms with van der Waals surface area (Å²) in [6.45, 7) is 7.03. The van der Waals surface area contributed by atoms with Gasteiger partial charge in [-0.05, 0) is 31.1 Å². The summed E-state index contributed by atoms with van der Waals surface area (Å²) in [6.07, 6.45) is 7.87. The maximum atomic E-state index is 2.46. The van der Waals surface area contributed by atoms with E-state index in [1.165, 1.54) is 25.7 Å². The van der Waals surface area contributed by atoms with Gasteiger partial charge in [-0.15, -0.1) is 0 Å². The van der Waals surface area contributed by atoms with Crippen molar-refractivity contribution < 1.29 is 0 Å². The highest BCUT2D eigenvalue weighted by molar-refractivity contribution is 5.11. The van der Waals surface area contributed by atoms with Crippen LogP contribution in [0, 0.1) is 11.8 Å². The Morgan fingerprint density at radius 1 is 1.45 bits per heavy atom. The molecular formula is C11H20. The van der Waals surface area contributed by atoms with Crippen molar-refractivity contribution in [3.8, 4) is 0 Å². The van der Waals surface area contributed by atoms with E-state index >= 15 is 0 Å². The van der Waals surface area contributed by atoms with Gasteiger partial charge in [0.25, 0.3) is 0 Å². The molecule has 1 rings (SSSR count). The van der Waals surface area contributed by atoms with E-state index in [0.29, 0.717) is 0 Å². The molecule has 0 nitrogen and oxygen atoms in total. The van der Waals surface area contributed by atoms with E-state index in [1.807, 2.05) is 0 Å². The fraction of sp³-hybridized carbons (Fsp3) is 0.818. The van der Waals surface area contributed by atoms with Crippen molar-refractivity contribution in [2.24, 2.45) is 11.8 Å². The third-order valence-electron chi connectivity index (χ3n) is 3.16. The van der Waals surface area contributed by atoms with E-state index in [9.17, 15) is 0 Å². The van der Waals surface area contributed by atoms with Gasteiger partial charge in [-0.1, -0.05) is 38.8 Å². The zero-order chi connectivity index (χ0) is 8.27. The normalized spacial score (nSPS) is 23.0. The highest BCUT2D eigenvalue weighted by Crippen LogP contribution is 2.30. The number of hydrogen-bond acceptors (Lipinski definition) is 0. The number of allylic oxidation sites excluding steroid dienone is 2. The van der Waals surface area contributed by atoms with Crippen LogP contribution in [0.2, 0.25) is 0 Å². The Morgan fingerprint density at radius 3 is 2.64 bits per heavy atom. The van der Waals surface area contributed by atoms with Gasteiger partial charge < -0.3 is 0 Å². The molecule has 0 aromatic heterocycles. The van der Waals surface area contributed by atoms with Crippen molar-refractivity contribution in [3.05, 3.63) is 11.6 Å². The average Bonchev–Trinajstić information content (AvgIpc) is 2.53. The maximum Gasteiger partial charge on any atom is -0.0206 e. The summed E-state index contributed by atoms with van der Waals surface area (Å²) in [5, 5.41) is 0. The summed E-state index contributed by atoms with van der Waals surface area (Å²) in [7, 11) is 0. The first-order valence-electron chi connectivity index (χ1n) is 4.94. The lowest BCUT2D eigenvalue weighted by molar-refractivity contribution is 0.421. The molecule has 0 aromatic rings. The van der Waals surface area contributed by atoms with Gasteiger partial charge in [0.1, 0.15) is 0 Å². The maximum absolute atomic E-state index is 2.46. The molecule has 0 heteroatoms. The molecular weight excluding hydrogens is 132 g/mol. The van der Waals surface area contributed by atoms with Crippen LogP contribution in [0.5, 0.6) is 0 Å². The van der Waals surface area contributed by atoms with Crippen molar-refractivity contribution in [1.29, 1.82) is 0 Å². The third-order valence-corrected chi connectivity index (χ3v) is 3.16. The first kappa shape index (κ1) is 8.83. The smallest absolute Gasteiger partial charge is 0.0206 e. The minimum atomic E-state index is 0.836. The van der Waals surface area contributed by atoms with Crippen molar-refractivity contribution in [2.75, 3.05) is 0 Å². The summed E-state index contributed by atoms with van der Waals surface area (Å²) in [4.78, 5) is 0. The Morgan fingerprint density at radius 2 is 2.18 bits per heavy atom. The molecule has 2 atom stereocenters. The summed E-state index contributed by atoms with van der Waals surface area (Å²) < 4.78 is 0. The van der Waals surface area contributed by atoms with E-state index in [2.05, 4.69) is 26.8 Å². The summed E-state index contributed by atoms with van der Waals surface area (Å²) in [5.74, 6) is 1.71. The summed E-state index contributed by atoms with van der Waals surface area (Å²) >= 11 is 0. The quantitative estimate of drug-likeness (QED) is 0.540. The van der Waals surface area contributed by atoms with Crippen molar-refractivity contribution in [1.82, 2.24) is 0 Å². The molecule has 0 N–H and O–H groups in total. The van der Waals surface area contributed by atoms with E-state index in [0.717, 1.165) is 11.8 Å². The van der Waals surface area contributed by atoms with Crippen LogP contribution < -0.4 is 0 Å². The molecule has 0 radical (unpaired) electrons. The molecule has 1 aliphatic carbocycles. The van der Waals surface area contributed by atoms with Gasteiger partial charge in [-0.2, -0.15) is 0 Å². The zero-order valence-corrected chi connectivity index (χ0v) is 8.06. The lowest BCUT2D eigenvalue weighted by atomic mass is 9.87. The predicted molar refractivity (Wildman–Crippen MR) is 50.6 cm³/mol. The average molecular weight is 152 g/mol. The van der Waals surface area contributed by atoms with Gasteiger partial charge in [0.05, 0.1) is 0 Å². The second-order valence-corrected chi connectivity index (χ2v) is 3.85. The fourth-order valence-corrected chi connectivity index (χ4v) is 1.83. The molecule has 0 saturated heterocycles. The molecule has 0 fully saturated rings. The second-order valence-electron chi connectivity index (χ2n) is 3.85. The standard InChI is InChI=1S/C11H20/c1-4-9(2)10(3)11-7-5-6-8-11/h7,9-10H,4-6,8H2,1-3H3. The van der Waals surface area contributed by atoms with Crippen LogP contribution in [-0.4, -0.2) is 0 Å². The lowest BCUT2D eigenvalue weighted by Crippen LogP contribution is -2.08. The van der Waals surface area contributed by atoms with Crippen LogP contribution >= 0.6 is 0 Å². The van der Waals surface area contributed by atoms with Crippen LogP contribution in [0.1, 0.15) is 46.5 Å². The minimum Gasteiger partial charge on any atom is -0.0850 e. The third kappa shape index (κ3) is 2.08. The Bertz CT molecular complexity index is 144. The lowest BCUT2D eigenvalue weighted by Gasteiger charge is -2.19. The van der Waals surface area contributed by atoms with Crippen molar-refractivity contribution in [3.63, 3.8) is 0 Å². The first-order chi connectivity index (χ1) is 5.25. The van der Waals surface area contributed by atoms with E-state index in [1.54, 1.807) is 5.57 Å². The molecule has 0 amide bonds. The van der Waals surface area contributed by atoms with E-state index in [-0.39, 0.29) is 0 Å². The summed E-state index contributed by atoms with van der Waals surface area (Å²) in [5.41, 5.74) is 1.72. The van der Waals surface area contributed by atoms with Gasteiger partial charge in [0, 0.05) is 0 Å². The van der Waals surface area contributed by atoms with Gasteiger partial charge in [0.2, 0.25) is 0 Å². The van der Waals surface area contributed by atoms with Gasteiger partial charge >= 0.3 is 0 Å². The Labute approximate surface area is 70.7 Å². The number of hydrogen-bond donors (Lipinski definition) is 0. The zero-order valence-electron chi connectivity index (χ0n) is 8.06. The molecule has 1 aliphatic rings. The second kappa shape index (κ2) is 3.94. The van der Waals surface area contributed by atoms with Gasteiger partial charge in [-0.3, -0.25) is 0 Å². The van der Waals surface area contributed by atoms with Gasteiger partial charge in [0.15, 0.2) is 0 Å². The molecule has 64 valence electrons. The highest BCUT2D eigenvalue weighted by Gasteiger charge is 2.16. The molecule has 0 aliphatic heterocycles. The Hall–Kier alpha value is -0.260. The Kier molecular flexibility index (Phi) is 3.16. The molecule has 0 spiro atoms. The number of rotatable bonds is 3. The monoisotopic (exact) mass is 152 g/mol. The Balaban J connectivity index is 2.45. The first-order valence-corrected chi connectivity index (χ1v) is 4.94. The minimum absolute atomic E-state index is 0.836. The van der Waals surface area contributed by atoms with E-state index < -0.39 is 0 Å². The van der Waals surface area contributed by atoms with Crippen molar-refractivity contribution >= 4 is 0 Å². The van der Waals surface area contributed by atoms with Crippen LogP contribution in [0.3, 0.4) is 0 Å². The molecule has 0 heterocycles. The van der Waals surface area contributed by atoms with E-state index in [4.69, 9.17) is 0 Å². The topological polar surface area (TPSA) is 0 Å². The fourth-order valence-electron chi connectivity index (χ4n) is 1.83. The molecule has 11 heavy (non-hydrogen) atoms. The molecule has 0 aromatic carbocycles. The highest BCUT2D eigenvalue weighted by atomic mass is 14.2. The predicted octanol–water partition coefficient (Wildman–Crippen LogP) is 3.78. The summed E-state index contributed by atoms with van der Waals surface area (Å²) in [6, 6.07) is 0. The van der Waals surface area contributed by atoms with Crippen LogP contribution in [-0.2, 0) is 0 Å². The molecule has 2 unspecified atom stereocenters. The molecule has 0 bridgehead atoms. The molecule has 0 saturated carbocycles. The van der Waals surface area contributed by atoms with Crippen LogP contribution in [0.25, 0.3) is 0 Å². The van der Waals surface area contributed by atoms with Crippen LogP contribution in [0.4, 0.5) is 0 Å². The van der Waals surface area contributed by atoms with Crippen LogP contribution in [0.15, 0.2) is 11.6 Å². The van der Waals surface area contributed by atoms with Gasteiger partial charge in [-0.25, -0.2) is 0 Å². The largest absolute Gasteiger partial charge is 0.0850 e. The SMILES string of the molecule is CCC(C)C(C)C1=CCCC1. The van der Waals surface area contributed by atoms with Crippen molar-refractivity contribution in [2.45, 2.75) is 46.5 Å².